The smallest absolute Gasteiger partial charge is 0.181 e. The number of Topliss-reactive ketones (excluding diaryl/α,β-unsaturated/α-hetero) is 1. The van der Waals surface area contributed by atoms with Crippen molar-refractivity contribution in [2.45, 2.75) is 26.7 Å². The Hall–Kier alpha value is -1.12. The van der Waals surface area contributed by atoms with E-state index >= 15 is 0 Å². The van der Waals surface area contributed by atoms with Gasteiger partial charge in [-0.15, -0.1) is 0 Å². The van der Waals surface area contributed by atoms with E-state index in [0.29, 0.717) is 6.42 Å². The van der Waals surface area contributed by atoms with Gasteiger partial charge in [0.05, 0.1) is 12.0 Å². The molecule has 3 nitrogen and oxygen atoms in total. The molecular formula is C9H14N2O. The molecule has 0 fully saturated rings. The van der Waals surface area contributed by atoms with Gasteiger partial charge in [-0.1, -0.05) is 6.92 Å². The molecule has 1 rings (SSSR count). The molecule has 0 aromatic carbocycles. The fourth-order valence-electron chi connectivity index (χ4n) is 1.29. The molecule has 0 saturated heterocycles. The Balaban J connectivity index is 2.93. The highest BCUT2D eigenvalue weighted by molar-refractivity contribution is 5.95. The van der Waals surface area contributed by atoms with Crippen LogP contribution in [-0.4, -0.2) is 15.3 Å². The second-order valence-corrected chi connectivity index (χ2v) is 2.96. The molecule has 0 aliphatic carbocycles. The van der Waals surface area contributed by atoms with Crippen molar-refractivity contribution in [3.8, 4) is 0 Å². The van der Waals surface area contributed by atoms with Crippen LogP contribution in [0.15, 0.2) is 6.33 Å². The normalized spacial score (nSPS) is 10.2. The van der Waals surface area contributed by atoms with Gasteiger partial charge in [-0.3, -0.25) is 4.79 Å². The van der Waals surface area contributed by atoms with Crippen molar-refractivity contribution in [2.24, 2.45) is 7.05 Å². The Kier molecular flexibility index (Phi) is 2.63. The molecule has 0 N–H and O–H groups in total. The first-order valence-corrected chi connectivity index (χ1v) is 4.18. The van der Waals surface area contributed by atoms with Crippen LogP contribution in [0.1, 0.15) is 35.9 Å². The predicted molar refractivity (Wildman–Crippen MR) is 47.2 cm³/mol. The van der Waals surface area contributed by atoms with Gasteiger partial charge in [0.15, 0.2) is 5.78 Å². The van der Waals surface area contributed by atoms with Gasteiger partial charge in [0.1, 0.15) is 5.69 Å². The highest BCUT2D eigenvalue weighted by Crippen LogP contribution is 2.08. The molecule has 12 heavy (non-hydrogen) atoms. The minimum Gasteiger partial charge on any atom is -0.331 e. The van der Waals surface area contributed by atoms with Crippen LogP contribution in [0.2, 0.25) is 0 Å². The maximum absolute atomic E-state index is 11.5. The molecule has 0 spiro atoms. The zero-order valence-electron chi connectivity index (χ0n) is 7.79. The third-order valence-corrected chi connectivity index (χ3v) is 1.86. The monoisotopic (exact) mass is 166 g/mol. The van der Waals surface area contributed by atoms with Gasteiger partial charge in [0.2, 0.25) is 0 Å². The predicted octanol–water partition coefficient (Wildman–Crippen LogP) is 1.71. The van der Waals surface area contributed by atoms with Crippen LogP contribution in [-0.2, 0) is 7.05 Å². The van der Waals surface area contributed by atoms with Crippen LogP contribution in [0, 0.1) is 6.92 Å². The molecule has 3 heteroatoms. The average molecular weight is 166 g/mol. The van der Waals surface area contributed by atoms with E-state index in [4.69, 9.17) is 0 Å². The van der Waals surface area contributed by atoms with E-state index in [2.05, 4.69) is 4.98 Å². The molecule has 0 aliphatic rings. The zero-order chi connectivity index (χ0) is 9.14. The van der Waals surface area contributed by atoms with Crippen LogP contribution < -0.4 is 0 Å². The lowest BCUT2D eigenvalue weighted by Crippen LogP contribution is -2.06. The van der Waals surface area contributed by atoms with Crippen molar-refractivity contribution < 1.29 is 4.79 Å². The Bertz CT molecular complexity index is 269. The molecule has 66 valence electrons. The maximum atomic E-state index is 11.5. The molecule has 0 bridgehead atoms. The number of nitrogens with zero attached hydrogens (tertiary/aromatic N) is 2. The third kappa shape index (κ3) is 1.55. The maximum Gasteiger partial charge on any atom is 0.181 e. The summed E-state index contributed by atoms with van der Waals surface area (Å²) in [6.07, 6.45) is 3.18. The van der Waals surface area contributed by atoms with Gasteiger partial charge in [0.25, 0.3) is 0 Å². The first-order chi connectivity index (χ1) is 5.66. The molecule has 0 aliphatic heterocycles. The highest BCUT2D eigenvalue weighted by atomic mass is 16.1. The van der Waals surface area contributed by atoms with E-state index < -0.39 is 0 Å². The highest BCUT2D eigenvalue weighted by Gasteiger charge is 2.12. The Morgan fingerprint density at radius 1 is 1.67 bits per heavy atom. The lowest BCUT2D eigenvalue weighted by atomic mass is 10.1. The first-order valence-electron chi connectivity index (χ1n) is 4.18. The number of aromatic nitrogens is 2. The van der Waals surface area contributed by atoms with Crippen LogP contribution >= 0.6 is 0 Å². The van der Waals surface area contributed by atoms with E-state index in [-0.39, 0.29) is 5.78 Å². The summed E-state index contributed by atoms with van der Waals surface area (Å²) in [6, 6.07) is 0. The van der Waals surface area contributed by atoms with E-state index in [1.165, 1.54) is 0 Å². The fraction of sp³-hybridized carbons (Fsp3) is 0.556. The summed E-state index contributed by atoms with van der Waals surface area (Å²) in [6.45, 7) is 3.87. The topological polar surface area (TPSA) is 34.9 Å². The number of aryl methyl sites for hydroxylation is 2. The van der Waals surface area contributed by atoms with Gasteiger partial charge in [0, 0.05) is 13.5 Å². The standard InChI is InChI=1S/C9H14N2O/c1-4-5-8(12)9-7(2)10-6-11(9)3/h6H,4-5H2,1-3H3. The van der Waals surface area contributed by atoms with Crippen molar-refractivity contribution in [2.75, 3.05) is 0 Å². The van der Waals surface area contributed by atoms with Gasteiger partial charge in [-0.25, -0.2) is 4.98 Å². The molecule has 1 aromatic rings. The van der Waals surface area contributed by atoms with E-state index in [0.717, 1.165) is 17.8 Å². The number of imidazole rings is 1. The summed E-state index contributed by atoms with van der Waals surface area (Å²) < 4.78 is 1.79. The molecule has 1 heterocycles. The molecule has 0 saturated carbocycles. The van der Waals surface area contributed by atoms with Crippen LogP contribution in [0.25, 0.3) is 0 Å². The number of carbonyl (C=O) groups excluding carboxylic acids is 1. The summed E-state index contributed by atoms with van der Waals surface area (Å²) in [5.74, 6) is 0.190. The fourth-order valence-corrected chi connectivity index (χ4v) is 1.29. The SMILES string of the molecule is CCCC(=O)c1c(C)ncn1C. The average Bonchev–Trinajstić information content (AvgIpc) is 2.32. The molecule has 1 aromatic heterocycles. The van der Waals surface area contributed by atoms with Gasteiger partial charge in [-0.2, -0.15) is 0 Å². The molecule has 0 radical (unpaired) electrons. The quantitative estimate of drug-likeness (QED) is 0.641. The van der Waals surface area contributed by atoms with Gasteiger partial charge < -0.3 is 4.57 Å². The third-order valence-electron chi connectivity index (χ3n) is 1.86. The van der Waals surface area contributed by atoms with E-state index in [1.54, 1.807) is 10.9 Å². The minimum absolute atomic E-state index is 0.190. The van der Waals surface area contributed by atoms with Crippen LogP contribution in [0.5, 0.6) is 0 Å². The number of carbonyl (C=O) groups is 1. The van der Waals surface area contributed by atoms with Gasteiger partial charge in [-0.05, 0) is 13.3 Å². The lowest BCUT2D eigenvalue weighted by molar-refractivity contribution is 0.0973. The summed E-state index contributed by atoms with van der Waals surface area (Å²) in [4.78, 5) is 15.5. The molecule has 0 amide bonds. The Morgan fingerprint density at radius 3 is 2.75 bits per heavy atom. The van der Waals surface area contributed by atoms with E-state index in [1.807, 2.05) is 20.9 Å². The van der Waals surface area contributed by atoms with Crippen molar-refractivity contribution in [1.29, 1.82) is 0 Å². The number of ketones is 1. The summed E-state index contributed by atoms with van der Waals surface area (Å²) in [5.41, 5.74) is 1.58. The van der Waals surface area contributed by atoms with Crippen molar-refractivity contribution >= 4 is 5.78 Å². The second kappa shape index (κ2) is 3.52. The van der Waals surface area contributed by atoms with Crippen molar-refractivity contribution in [1.82, 2.24) is 9.55 Å². The number of hydrogen-bond acceptors (Lipinski definition) is 2. The Labute approximate surface area is 72.4 Å². The second-order valence-electron chi connectivity index (χ2n) is 2.96. The summed E-state index contributed by atoms with van der Waals surface area (Å²) >= 11 is 0. The molecule has 0 unspecified atom stereocenters. The lowest BCUT2D eigenvalue weighted by Gasteiger charge is -2.00. The van der Waals surface area contributed by atoms with E-state index in [9.17, 15) is 4.79 Å². The Morgan fingerprint density at radius 2 is 2.33 bits per heavy atom. The zero-order valence-corrected chi connectivity index (χ0v) is 7.79. The van der Waals surface area contributed by atoms with Crippen LogP contribution in [0.3, 0.4) is 0 Å². The number of rotatable bonds is 3. The summed E-state index contributed by atoms with van der Waals surface area (Å²) in [7, 11) is 1.85. The largest absolute Gasteiger partial charge is 0.331 e. The number of hydrogen-bond donors (Lipinski definition) is 0. The summed E-state index contributed by atoms with van der Waals surface area (Å²) in [5, 5.41) is 0. The van der Waals surface area contributed by atoms with Gasteiger partial charge >= 0.3 is 0 Å². The van der Waals surface area contributed by atoms with Crippen molar-refractivity contribution in [3.05, 3.63) is 17.7 Å². The molecule has 0 atom stereocenters. The molecular weight excluding hydrogens is 152 g/mol. The first kappa shape index (κ1) is 8.97. The van der Waals surface area contributed by atoms with Crippen LogP contribution in [0.4, 0.5) is 0 Å². The van der Waals surface area contributed by atoms with Crippen molar-refractivity contribution in [3.63, 3.8) is 0 Å². The minimum atomic E-state index is 0.190.